The van der Waals surface area contributed by atoms with E-state index in [1.54, 1.807) is 0 Å². The Morgan fingerprint density at radius 3 is 0.778 bits per heavy atom. The molecule has 0 saturated heterocycles. The summed E-state index contributed by atoms with van der Waals surface area (Å²) in [5.74, 6) is 0. The predicted octanol–water partition coefficient (Wildman–Crippen LogP) is 14.6. The fraction of sp³-hybridized carbons (Fsp3) is 0.111. The summed E-state index contributed by atoms with van der Waals surface area (Å²) in [4.78, 5) is 0. The molecule has 258 valence electrons. The SMILES string of the molecule is CC1(C)c2cc(-c3ccccc3)ccc2-c2ccc(-c3ccc4c(c3)C(C)(C)c3cc(-c5cc(-c6ccccc6)cc(-c6ccccc6)c5)ccc3-4)cc21. The van der Waals surface area contributed by atoms with Crippen LogP contribution in [0.15, 0.2) is 182 Å². The lowest BCUT2D eigenvalue weighted by molar-refractivity contribution is 0.660. The van der Waals surface area contributed by atoms with Gasteiger partial charge in [-0.15, -0.1) is 0 Å². The van der Waals surface area contributed by atoms with Gasteiger partial charge in [-0.2, -0.15) is 0 Å². The Morgan fingerprint density at radius 1 is 0.222 bits per heavy atom. The van der Waals surface area contributed by atoms with E-state index in [4.69, 9.17) is 0 Å². The van der Waals surface area contributed by atoms with Gasteiger partial charge in [0, 0.05) is 10.8 Å². The third-order valence-corrected chi connectivity index (χ3v) is 12.3. The van der Waals surface area contributed by atoms with Crippen molar-refractivity contribution in [3.8, 4) is 77.9 Å². The van der Waals surface area contributed by atoms with Crippen LogP contribution in [0, 0.1) is 0 Å². The summed E-state index contributed by atoms with van der Waals surface area (Å²) >= 11 is 0. The van der Waals surface area contributed by atoms with Crippen LogP contribution in [0.1, 0.15) is 49.9 Å². The quantitative estimate of drug-likeness (QED) is 0.169. The van der Waals surface area contributed by atoms with Gasteiger partial charge in [-0.25, -0.2) is 0 Å². The topological polar surface area (TPSA) is 0 Å². The summed E-state index contributed by atoms with van der Waals surface area (Å²) in [6.07, 6.45) is 0. The average Bonchev–Trinajstić information content (AvgIpc) is 3.59. The van der Waals surface area contributed by atoms with Gasteiger partial charge in [-0.05, 0) is 143 Å². The summed E-state index contributed by atoms with van der Waals surface area (Å²) in [7, 11) is 0. The number of hydrogen-bond donors (Lipinski definition) is 0. The van der Waals surface area contributed by atoms with Gasteiger partial charge in [0.2, 0.25) is 0 Å². The number of rotatable bonds is 5. The lowest BCUT2D eigenvalue weighted by Crippen LogP contribution is -2.15. The highest BCUT2D eigenvalue weighted by atomic mass is 14.4. The van der Waals surface area contributed by atoms with Crippen molar-refractivity contribution in [2.24, 2.45) is 0 Å². The largest absolute Gasteiger partial charge is 0.0622 e. The fourth-order valence-electron chi connectivity index (χ4n) is 9.21. The molecule has 0 N–H and O–H groups in total. The maximum atomic E-state index is 2.46. The van der Waals surface area contributed by atoms with Crippen LogP contribution in [-0.4, -0.2) is 0 Å². The summed E-state index contributed by atoms with van der Waals surface area (Å²) in [5.41, 5.74) is 23.3. The van der Waals surface area contributed by atoms with Crippen molar-refractivity contribution in [3.63, 3.8) is 0 Å². The predicted molar refractivity (Wildman–Crippen MR) is 229 cm³/mol. The molecule has 0 aliphatic heterocycles. The molecule has 0 aromatic heterocycles. The second-order valence-electron chi connectivity index (χ2n) is 16.2. The van der Waals surface area contributed by atoms with E-state index in [9.17, 15) is 0 Å². The average molecular weight is 691 g/mol. The van der Waals surface area contributed by atoms with E-state index in [0.29, 0.717) is 0 Å². The normalized spacial score (nSPS) is 14.2. The van der Waals surface area contributed by atoms with Gasteiger partial charge < -0.3 is 0 Å². The van der Waals surface area contributed by atoms with Crippen molar-refractivity contribution < 1.29 is 0 Å². The highest BCUT2D eigenvalue weighted by Gasteiger charge is 2.38. The molecule has 2 aliphatic rings. The van der Waals surface area contributed by atoms with Crippen LogP contribution in [0.25, 0.3) is 77.9 Å². The Morgan fingerprint density at radius 2 is 0.463 bits per heavy atom. The van der Waals surface area contributed by atoms with E-state index < -0.39 is 0 Å². The van der Waals surface area contributed by atoms with Gasteiger partial charge >= 0.3 is 0 Å². The van der Waals surface area contributed by atoms with Crippen LogP contribution in [-0.2, 0) is 10.8 Å². The van der Waals surface area contributed by atoms with Crippen LogP contribution in [0.3, 0.4) is 0 Å². The molecule has 0 unspecified atom stereocenters. The fourth-order valence-corrected chi connectivity index (χ4v) is 9.21. The molecular weight excluding hydrogens is 649 g/mol. The smallest absolute Gasteiger partial charge is 0.0159 e. The van der Waals surface area contributed by atoms with Gasteiger partial charge in [0.25, 0.3) is 0 Å². The summed E-state index contributed by atoms with van der Waals surface area (Å²) in [6, 6.07) is 67.7. The number of benzene rings is 8. The van der Waals surface area contributed by atoms with E-state index in [-0.39, 0.29) is 10.8 Å². The maximum Gasteiger partial charge on any atom is 0.0159 e. The van der Waals surface area contributed by atoms with Crippen LogP contribution >= 0.6 is 0 Å². The first kappa shape index (κ1) is 32.4. The lowest BCUT2D eigenvalue weighted by Gasteiger charge is -2.24. The maximum absolute atomic E-state index is 2.46. The third kappa shape index (κ3) is 5.12. The minimum Gasteiger partial charge on any atom is -0.0622 e. The molecule has 8 aromatic rings. The van der Waals surface area contributed by atoms with E-state index in [1.807, 2.05) is 0 Å². The first-order valence-corrected chi connectivity index (χ1v) is 19.2. The molecule has 0 spiro atoms. The zero-order valence-electron chi connectivity index (χ0n) is 31.3. The Labute approximate surface area is 319 Å². The number of fused-ring (bicyclic) bond motifs is 6. The standard InChI is InChI=1S/C54H42/c1-53(2)49-31-38(35-14-8-5-9-15-35)20-24-45(49)46-25-21-39(32-50(46)53)40-22-26-47-48-27-23-41(34-52(48)54(3,4)51(47)33-40)44-29-42(36-16-10-6-11-17-36)28-43(30-44)37-18-12-7-13-19-37/h5-34H,1-4H3. The molecule has 0 saturated carbocycles. The zero-order valence-corrected chi connectivity index (χ0v) is 31.3. The van der Waals surface area contributed by atoms with Crippen molar-refractivity contribution in [1.82, 2.24) is 0 Å². The van der Waals surface area contributed by atoms with Gasteiger partial charge in [0.15, 0.2) is 0 Å². The van der Waals surface area contributed by atoms with Crippen molar-refractivity contribution in [1.29, 1.82) is 0 Å². The molecule has 0 heteroatoms. The minimum absolute atomic E-state index is 0.0910. The van der Waals surface area contributed by atoms with E-state index >= 15 is 0 Å². The number of hydrogen-bond acceptors (Lipinski definition) is 0. The van der Waals surface area contributed by atoms with Crippen LogP contribution in [0.2, 0.25) is 0 Å². The highest BCUT2D eigenvalue weighted by Crippen LogP contribution is 2.53. The van der Waals surface area contributed by atoms with Crippen molar-refractivity contribution >= 4 is 0 Å². The molecule has 2 aliphatic carbocycles. The second-order valence-corrected chi connectivity index (χ2v) is 16.2. The molecule has 0 fully saturated rings. The molecule has 10 rings (SSSR count). The zero-order chi connectivity index (χ0) is 36.6. The van der Waals surface area contributed by atoms with Crippen molar-refractivity contribution in [2.75, 3.05) is 0 Å². The second kappa shape index (κ2) is 12.2. The first-order chi connectivity index (χ1) is 26.3. The van der Waals surface area contributed by atoms with Crippen molar-refractivity contribution in [3.05, 3.63) is 204 Å². The van der Waals surface area contributed by atoms with Gasteiger partial charge in [0.05, 0.1) is 0 Å². The van der Waals surface area contributed by atoms with Crippen molar-refractivity contribution in [2.45, 2.75) is 38.5 Å². The third-order valence-electron chi connectivity index (χ3n) is 12.3. The molecule has 54 heavy (non-hydrogen) atoms. The molecule has 0 radical (unpaired) electrons. The van der Waals surface area contributed by atoms with Gasteiger partial charge in [0.1, 0.15) is 0 Å². The monoisotopic (exact) mass is 690 g/mol. The van der Waals surface area contributed by atoms with E-state index in [0.717, 1.165) is 0 Å². The Balaban J connectivity index is 1.01. The summed E-state index contributed by atoms with van der Waals surface area (Å²) in [5, 5.41) is 0. The molecule has 0 bridgehead atoms. The molecule has 8 aromatic carbocycles. The first-order valence-electron chi connectivity index (χ1n) is 19.2. The van der Waals surface area contributed by atoms with Crippen LogP contribution in [0.4, 0.5) is 0 Å². The van der Waals surface area contributed by atoms with Gasteiger partial charge in [-0.3, -0.25) is 0 Å². The molecule has 0 amide bonds. The van der Waals surface area contributed by atoms with Crippen LogP contribution in [0.5, 0.6) is 0 Å². The lowest BCUT2D eigenvalue weighted by atomic mass is 9.79. The molecule has 0 nitrogen and oxygen atoms in total. The van der Waals surface area contributed by atoms with E-state index in [1.165, 1.54) is 100 Å². The molecular formula is C54H42. The summed E-state index contributed by atoms with van der Waals surface area (Å²) in [6.45, 7) is 9.56. The highest BCUT2D eigenvalue weighted by molar-refractivity contribution is 5.89. The Hall–Kier alpha value is -6.24. The molecule has 0 heterocycles. The van der Waals surface area contributed by atoms with Gasteiger partial charge in [-0.1, -0.05) is 167 Å². The van der Waals surface area contributed by atoms with E-state index in [2.05, 4.69) is 210 Å². The van der Waals surface area contributed by atoms with Crippen LogP contribution < -0.4 is 0 Å². The summed E-state index contributed by atoms with van der Waals surface area (Å²) < 4.78 is 0. The Bertz CT molecular complexity index is 2670. The Kier molecular flexibility index (Phi) is 7.29. The minimum atomic E-state index is -0.143. The molecule has 0 atom stereocenters.